The van der Waals surface area contributed by atoms with Gasteiger partial charge in [-0.15, -0.1) is 0 Å². The van der Waals surface area contributed by atoms with Crippen LogP contribution in [0.4, 0.5) is 0 Å². The van der Waals surface area contributed by atoms with Crippen LogP contribution in [-0.4, -0.2) is 22.8 Å². The highest BCUT2D eigenvalue weighted by molar-refractivity contribution is 5.84. The van der Waals surface area contributed by atoms with Gasteiger partial charge in [-0.05, 0) is 19.1 Å². The van der Waals surface area contributed by atoms with Crippen molar-refractivity contribution in [1.82, 2.24) is 0 Å². The van der Waals surface area contributed by atoms with Gasteiger partial charge in [-0.3, -0.25) is 0 Å². The van der Waals surface area contributed by atoms with Crippen LogP contribution < -0.4 is 9.47 Å². The quantitative estimate of drug-likeness (QED) is 0.351. The highest BCUT2D eigenvalue weighted by Gasteiger charge is 2.16. The zero-order chi connectivity index (χ0) is 12.1. The average molecular weight is 224 g/mol. The van der Waals surface area contributed by atoms with Crippen molar-refractivity contribution in [3.8, 4) is 23.0 Å². The number of carbonyl (C=O) groups excluding carboxylic acids is 1. The number of hydrogen-bond acceptors (Lipinski definition) is 5. The van der Waals surface area contributed by atoms with Crippen molar-refractivity contribution in [2.45, 2.75) is 6.92 Å². The first-order valence-corrected chi connectivity index (χ1v) is 4.62. The van der Waals surface area contributed by atoms with Crippen LogP contribution in [0.2, 0.25) is 0 Å². The highest BCUT2D eigenvalue weighted by Crippen LogP contribution is 2.42. The van der Waals surface area contributed by atoms with Gasteiger partial charge >= 0.3 is 5.97 Å². The Bertz CT molecular complexity index is 411. The first kappa shape index (κ1) is 11.9. The summed E-state index contributed by atoms with van der Waals surface area (Å²) in [5, 5.41) is 18.8. The third kappa shape index (κ3) is 2.44. The topological polar surface area (TPSA) is 76.0 Å². The molecule has 16 heavy (non-hydrogen) atoms. The van der Waals surface area contributed by atoms with Crippen molar-refractivity contribution in [1.29, 1.82) is 0 Å². The predicted molar refractivity (Wildman–Crippen MR) is 56.8 cm³/mol. The van der Waals surface area contributed by atoms with Crippen molar-refractivity contribution in [3.63, 3.8) is 0 Å². The van der Waals surface area contributed by atoms with Gasteiger partial charge in [0, 0.05) is 6.08 Å². The molecule has 0 amide bonds. The number of rotatable bonds is 4. The Morgan fingerprint density at radius 2 is 2.19 bits per heavy atom. The van der Waals surface area contributed by atoms with Crippen molar-refractivity contribution in [3.05, 3.63) is 24.8 Å². The average Bonchev–Trinajstić information content (AvgIpc) is 2.28. The van der Waals surface area contributed by atoms with Gasteiger partial charge in [-0.25, -0.2) is 4.79 Å². The van der Waals surface area contributed by atoms with E-state index in [9.17, 15) is 15.0 Å². The third-order valence-corrected chi connectivity index (χ3v) is 1.74. The molecule has 0 radical (unpaired) electrons. The molecule has 0 aliphatic carbocycles. The van der Waals surface area contributed by atoms with E-state index in [-0.39, 0.29) is 23.9 Å². The van der Waals surface area contributed by atoms with Gasteiger partial charge in [0.15, 0.2) is 11.5 Å². The standard InChI is InChI=1S/C11H12O5/c1-3-9(13)16-8-6-5-7(12)10(14)11(8)15-4-2/h3,5-6,12,14H,1,4H2,2H3. The maximum atomic E-state index is 11.0. The maximum absolute atomic E-state index is 11.0. The molecule has 0 saturated heterocycles. The Labute approximate surface area is 92.5 Å². The summed E-state index contributed by atoms with van der Waals surface area (Å²) in [6.45, 7) is 5.20. The molecule has 86 valence electrons. The molecule has 0 spiro atoms. The first-order chi connectivity index (χ1) is 7.60. The molecule has 0 fully saturated rings. The minimum Gasteiger partial charge on any atom is -0.504 e. The second-order valence-electron chi connectivity index (χ2n) is 2.82. The number of benzene rings is 1. The molecule has 5 nitrogen and oxygen atoms in total. The molecule has 0 aliphatic heterocycles. The molecule has 0 aromatic heterocycles. The van der Waals surface area contributed by atoms with E-state index in [0.29, 0.717) is 0 Å². The van der Waals surface area contributed by atoms with Gasteiger partial charge in [0.05, 0.1) is 6.61 Å². The van der Waals surface area contributed by atoms with Crippen molar-refractivity contribution in [2.24, 2.45) is 0 Å². The number of carbonyl (C=O) groups is 1. The Morgan fingerprint density at radius 1 is 1.50 bits per heavy atom. The molecule has 0 bridgehead atoms. The van der Waals surface area contributed by atoms with Crippen LogP contribution in [-0.2, 0) is 4.79 Å². The molecule has 0 atom stereocenters. The van der Waals surface area contributed by atoms with Crippen molar-refractivity contribution < 1.29 is 24.5 Å². The Kier molecular flexibility index (Phi) is 3.77. The fourth-order valence-electron chi connectivity index (χ4n) is 1.06. The monoisotopic (exact) mass is 224 g/mol. The van der Waals surface area contributed by atoms with E-state index >= 15 is 0 Å². The fourth-order valence-corrected chi connectivity index (χ4v) is 1.06. The third-order valence-electron chi connectivity index (χ3n) is 1.74. The summed E-state index contributed by atoms with van der Waals surface area (Å²) < 4.78 is 9.90. The molecular formula is C11H12O5. The first-order valence-electron chi connectivity index (χ1n) is 4.62. The lowest BCUT2D eigenvalue weighted by molar-refractivity contribution is -0.129. The van der Waals surface area contributed by atoms with E-state index in [1.54, 1.807) is 6.92 Å². The summed E-state index contributed by atoms with van der Waals surface area (Å²) in [4.78, 5) is 11.0. The van der Waals surface area contributed by atoms with Crippen molar-refractivity contribution >= 4 is 5.97 Å². The summed E-state index contributed by atoms with van der Waals surface area (Å²) in [6.07, 6.45) is 0.986. The maximum Gasteiger partial charge on any atom is 0.335 e. The SMILES string of the molecule is C=CC(=O)Oc1ccc(O)c(O)c1OCC. The van der Waals surface area contributed by atoms with E-state index in [4.69, 9.17) is 9.47 Å². The summed E-state index contributed by atoms with van der Waals surface area (Å²) >= 11 is 0. The minimum atomic E-state index is -0.675. The van der Waals surface area contributed by atoms with E-state index in [2.05, 4.69) is 6.58 Å². The van der Waals surface area contributed by atoms with Gasteiger partial charge < -0.3 is 19.7 Å². The number of phenolic OH excluding ortho intramolecular Hbond substituents is 2. The molecule has 0 saturated carbocycles. The number of aromatic hydroxyl groups is 2. The zero-order valence-corrected chi connectivity index (χ0v) is 8.77. The van der Waals surface area contributed by atoms with Crippen LogP contribution in [0.3, 0.4) is 0 Å². The van der Waals surface area contributed by atoms with Crippen LogP contribution in [0.25, 0.3) is 0 Å². The van der Waals surface area contributed by atoms with Crippen molar-refractivity contribution in [2.75, 3.05) is 6.61 Å². The number of ether oxygens (including phenoxy) is 2. The zero-order valence-electron chi connectivity index (χ0n) is 8.77. The molecule has 5 heteroatoms. The molecular weight excluding hydrogens is 212 g/mol. The van der Waals surface area contributed by atoms with E-state index in [1.165, 1.54) is 12.1 Å². The van der Waals surface area contributed by atoms with Gasteiger partial charge in [-0.2, -0.15) is 0 Å². The van der Waals surface area contributed by atoms with Gasteiger partial charge in [0.1, 0.15) is 0 Å². The predicted octanol–water partition coefficient (Wildman–Crippen LogP) is 1.59. The van der Waals surface area contributed by atoms with Gasteiger partial charge in [-0.1, -0.05) is 6.58 Å². The van der Waals surface area contributed by atoms with Crippen LogP contribution in [0.5, 0.6) is 23.0 Å². The molecule has 0 heterocycles. The summed E-state index contributed by atoms with van der Waals surface area (Å²) in [5.74, 6) is -1.52. The lowest BCUT2D eigenvalue weighted by Gasteiger charge is -2.11. The smallest absolute Gasteiger partial charge is 0.335 e. The second kappa shape index (κ2) is 5.06. The Hall–Kier alpha value is -2.17. The Balaban J connectivity index is 3.12. The lowest BCUT2D eigenvalue weighted by Crippen LogP contribution is -2.05. The summed E-state index contributed by atoms with van der Waals surface area (Å²) in [5.41, 5.74) is 0. The van der Waals surface area contributed by atoms with E-state index < -0.39 is 11.7 Å². The number of phenols is 2. The second-order valence-corrected chi connectivity index (χ2v) is 2.82. The molecule has 1 aromatic rings. The highest BCUT2D eigenvalue weighted by atomic mass is 16.6. The minimum absolute atomic E-state index is 0.0297. The number of hydrogen-bond donors (Lipinski definition) is 2. The fraction of sp³-hybridized carbons (Fsp3) is 0.182. The van der Waals surface area contributed by atoms with Crippen LogP contribution in [0.1, 0.15) is 6.92 Å². The summed E-state index contributed by atoms with van der Waals surface area (Å²) in [6, 6.07) is 2.52. The lowest BCUT2D eigenvalue weighted by atomic mass is 10.2. The summed E-state index contributed by atoms with van der Waals surface area (Å²) in [7, 11) is 0. The van der Waals surface area contributed by atoms with Crippen LogP contribution in [0.15, 0.2) is 24.8 Å². The number of esters is 1. The normalized spacial score (nSPS) is 9.56. The molecule has 0 aliphatic rings. The largest absolute Gasteiger partial charge is 0.504 e. The van der Waals surface area contributed by atoms with Gasteiger partial charge in [0.25, 0.3) is 0 Å². The van der Waals surface area contributed by atoms with Crippen LogP contribution >= 0.6 is 0 Å². The van der Waals surface area contributed by atoms with E-state index in [0.717, 1.165) is 6.08 Å². The molecule has 0 unspecified atom stereocenters. The molecule has 2 N–H and O–H groups in total. The van der Waals surface area contributed by atoms with E-state index in [1.807, 2.05) is 0 Å². The van der Waals surface area contributed by atoms with Crippen LogP contribution in [0, 0.1) is 0 Å². The molecule has 1 rings (SSSR count). The molecule has 1 aromatic carbocycles. The van der Waals surface area contributed by atoms with Gasteiger partial charge in [0.2, 0.25) is 11.5 Å². The Morgan fingerprint density at radius 3 is 2.75 bits per heavy atom.